The van der Waals surface area contributed by atoms with Gasteiger partial charge in [-0.05, 0) is 37.5 Å². The molecule has 0 unspecified atom stereocenters. The summed E-state index contributed by atoms with van der Waals surface area (Å²) >= 11 is 0. The van der Waals surface area contributed by atoms with Crippen molar-refractivity contribution in [2.75, 3.05) is 0 Å². The second kappa shape index (κ2) is 12.8. The van der Waals surface area contributed by atoms with E-state index in [-0.39, 0.29) is 6.42 Å². The van der Waals surface area contributed by atoms with Gasteiger partial charge in [0.15, 0.2) is 0 Å². The summed E-state index contributed by atoms with van der Waals surface area (Å²) < 4.78 is 0. The Morgan fingerprint density at radius 1 is 1.08 bits per heavy atom. The summed E-state index contributed by atoms with van der Waals surface area (Å²) in [5.41, 5.74) is 0. The van der Waals surface area contributed by atoms with Crippen molar-refractivity contribution >= 4 is 5.97 Å². The Labute approximate surface area is 79.3 Å². The number of aliphatic carboxylic acids is 1. The first-order valence-electron chi connectivity index (χ1n) is 3.74. The quantitative estimate of drug-likeness (QED) is 0.615. The zero-order valence-electron chi connectivity index (χ0n) is 8.06. The summed E-state index contributed by atoms with van der Waals surface area (Å²) in [5.74, 6) is 14.8. The predicted molar refractivity (Wildman–Crippen MR) is 52.6 cm³/mol. The van der Waals surface area contributed by atoms with Gasteiger partial charge < -0.3 is 5.11 Å². The van der Waals surface area contributed by atoms with Gasteiger partial charge in [0.1, 0.15) is 0 Å². The molecule has 68 valence electrons. The standard InChI is InChI=1S/C8H6.C3H6O2/c1-3-5-7-8-6-4-2;1-2-3(4)5/h1-2H3;2H2,1H3,(H,4,5). The molecular weight excluding hydrogens is 164 g/mol. The molecule has 0 aromatic carbocycles. The predicted octanol–water partition coefficient (Wildman–Crippen LogP) is 1.52. The maximum atomic E-state index is 9.37. The van der Waals surface area contributed by atoms with Gasteiger partial charge >= 0.3 is 5.97 Å². The van der Waals surface area contributed by atoms with E-state index in [4.69, 9.17) is 5.11 Å². The number of carbonyl (C=O) groups is 1. The lowest BCUT2D eigenvalue weighted by molar-refractivity contribution is -0.136. The lowest BCUT2D eigenvalue weighted by atomic mass is 10.5. The topological polar surface area (TPSA) is 37.3 Å². The fourth-order valence-electron chi connectivity index (χ4n) is 0.188. The molecule has 2 nitrogen and oxygen atoms in total. The van der Waals surface area contributed by atoms with E-state index in [1.165, 1.54) is 0 Å². The van der Waals surface area contributed by atoms with Gasteiger partial charge in [0, 0.05) is 6.42 Å². The summed E-state index contributed by atoms with van der Waals surface area (Å²) in [4.78, 5) is 9.37. The zero-order chi connectivity index (χ0) is 10.5. The first kappa shape index (κ1) is 13.7. The van der Waals surface area contributed by atoms with Crippen molar-refractivity contribution in [3.8, 4) is 35.5 Å². The van der Waals surface area contributed by atoms with Crippen LogP contribution in [0.2, 0.25) is 0 Å². The summed E-state index contributed by atoms with van der Waals surface area (Å²) in [7, 11) is 0. The smallest absolute Gasteiger partial charge is 0.303 e. The Balaban J connectivity index is 0. The molecule has 0 aliphatic heterocycles. The fourth-order valence-corrected chi connectivity index (χ4v) is 0.188. The molecule has 0 heterocycles. The number of hydrogen-bond acceptors (Lipinski definition) is 1. The third-order valence-electron chi connectivity index (χ3n) is 0.740. The average Bonchev–Trinajstić information content (AvgIpc) is 2.14. The Morgan fingerprint density at radius 3 is 1.54 bits per heavy atom. The zero-order valence-corrected chi connectivity index (χ0v) is 8.06. The summed E-state index contributed by atoms with van der Waals surface area (Å²) in [6.07, 6.45) is 0.222. The lowest BCUT2D eigenvalue weighted by Crippen LogP contribution is -1.86. The molecule has 0 saturated heterocycles. The molecule has 0 radical (unpaired) electrons. The minimum Gasteiger partial charge on any atom is -0.481 e. The molecule has 0 rings (SSSR count). The van der Waals surface area contributed by atoms with Crippen molar-refractivity contribution in [3.05, 3.63) is 0 Å². The molecule has 0 atom stereocenters. The Hall–Kier alpha value is -1.85. The fraction of sp³-hybridized carbons (Fsp3) is 0.364. The van der Waals surface area contributed by atoms with Crippen molar-refractivity contribution in [2.45, 2.75) is 27.2 Å². The van der Waals surface area contributed by atoms with Crippen molar-refractivity contribution < 1.29 is 9.90 Å². The molecule has 0 amide bonds. The van der Waals surface area contributed by atoms with Gasteiger partial charge in [-0.25, -0.2) is 0 Å². The number of carboxylic acid groups (broad SMARTS) is 1. The van der Waals surface area contributed by atoms with E-state index < -0.39 is 5.97 Å². The van der Waals surface area contributed by atoms with Crippen molar-refractivity contribution in [2.24, 2.45) is 0 Å². The van der Waals surface area contributed by atoms with Crippen molar-refractivity contribution in [3.63, 3.8) is 0 Å². The normalized spacial score (nSPS) is 5.15. The van der Waals surface area contributed by atoms with Gasteiger partial charge in [-0.1, -0.05) is 18.8 Å². The molecule has 0 aromatic heterocycles. The molecule has 0 aliphatic rings. The SMILES string of the molecule is CC#CC#CC#CC.CCC(=O)O. The van der Waals surface area contributed by atoms with Crippen molar-refractivity contribution in [1.82, 2.24) is 0 Å². The highest BCUT2D eigenvalue weighted by atomic mass is 16.4. The third-order valence-corrected chi connectivity index (χ3v) is 0.740. The molecule has 13 heavy (non-hydrogen) atoms. The molecule has 0 aliphatic carbocycles. The highest BCUT2D eigenvalue weighted by Crippen LogP contribution is 1.67. The van der Waals surface area contributed by atoms with Crippen LogP contribution < -0.4 is 0 Å². The molecule has 1 N–H and O–H groups in total. The maximum Gasteiger partial charge on any atom is 0.303 e. The van der Waals surface area contributed by atoms with E-state index in [0.29, 0.717) is 0 Å². The Morgan fingerprint density at radius 2 is 1.38 bits per heavy atom. The van der Waals surface area contributed by atoms with Crippen LogP contribution in [0, 0.1) is 35.5 Å². The second-order valence-corrected chi connectivity index (χ2v) is 1.75. The molecular formula is C11H12O2. The third kappa shape index (κ3) is 25.4. The maximum absolute atomic E-state index is 9.37. The molecule has 0 saturated carbocycles. The number of carboxylic acids is 1. The molecule has 0 spiro atoms. The number of rotatable bonds is 1. The van der Waals surface area contributed by atoms with Gasteiger partial charge in [0.25, 0.3) is 0 Å². The van der Waals surface area contributed by atoms with Crippen LogP contribution in [0.3, 0.4) is 0 Å². The first-order valence-corrected chi connectivity index (χ1v) is 3.74. The summed E-state index contributed by atoms with van der Waals surface area (Å²) in [6.45, 7) is 5.09. The van der Waals surface area contributed by atoms with Gasteiger partial charge in [-0.15, -0.1) is 0 Å². The van der Waals surface area contributed by atoms with Crippen LogP contribution >= 0.6 is 0 Å². The molecule has 0 aromatic rings. The molecule has 0 fully saturated rings. The average molecular weight is 176 g/mol. The molecule has 0 bridgehead atoms. The number of hydrogen-bond donors (Lipinski definition) is 1. The largest absolute Gasteiger partial charge is 0.481 e. The van der Waals surface area contributed by atoms with Gasteiger partial charge in [0.2, 0.25) is 0 Å². The Bertz CT molecular complexity index is 283. The van der Waals surface area contributed by atoms with E-state index in [1.54, 1.807) is 20.8 Å². The Kier molecular flexibility index (Phi) is 13.5. The summed E-state index contributed by atoms with van der Waals surface area (Å²) in [5, 5.41) is 7.72. The highest BCUT2D eigenvalue weighted by Gasteiger charge is 1.80. The minimum absolute atomic E-state index is 0.222. The van der Waals surface area contributed by atoms with E-state index in [0.717, 1.165) is 0 Å². The van der Waals surface area contributed by atoms with Crippen LogP contribution in [0.4, 0.5) is 0 Å². The van der Waals surface area contributed by atoms with E-state index in [2.05, 4.69) is 35.5 Å². The van der Waals surface area contributed by atoms with E-state index in [9.17, 15) is 4.79 Å². The van der Waals surface area contributed by atoms with Gasteiger partial charge in [0.05, 0.1) is 0 Å². The van der Waals surface area contributed by atoms with E-state index in [1.807, 2.05) is 0 Å². The van der Waals surface area contributed by atoms with Crippen LogP contribution in [0.1, 0.15) is 27.2 Å². The first-order chi connectivity index (χ1) is 6.18. The van der Waals surface area contributed by atoms with Crippen LogP contribution in [0.5, 0.6) is 0 Å². The van der Waals surface area contributed by atoms with Crippen LogP contribution in [0.15, 0.2) is 0 Å². The van der Waals surface area contributed by atoms with Crippen LogP contribution in [-0.4, -0.2) is 11.1 Å². The highest BCUT2D eigenvalue weighted by molar-refractivity contribution is 5.66. The van der Waals surface area contributed by atoms with Crippen molar-refractivity contribution in [1.29, 1.82) is 0 Å². The lowest BCUT2D eigenvalue weighted by Gasteiger charge is -1.71. The van der Waals surface area contributed by atoms with Crippen LogP contribution in [-0.2, 0) is 4.79 Å². The van der Waals surface area contributed by atoms with Crippen LogP contribution in [0.25, 0.3) is 0 Å². The van der Waals surface area contributed by atoms with E-state index >= 15 is 0 Å². The monoisotopic (exact) mass is 176 g/mol. The van der Waals surface area contributed by atoms with Gasteiger partial charge in [-0.2, -0.15) is 0 Å². The second-order valence-electron chi connectivity index (χ2n) is 1.75. The molecule has 2 heteroatoms. The van der Waals surface area contributed by atoms with Gasteiger partial charge in [-0.3, -0.25) is 4.79 Å². The minimum atomic E-state index is -0.745. The summed E-state index contributed by atoms with van der Waals surface area (Å²) in [6, 6.07) is 0.